The molecule has 1 fully saturated rings. The van der Waals surface area contributed by atoms with Crippen LogP contribution >= 0.6 is 0 Å². The van der Waals surface area contributed by atoms with Gasteiger partial charge in [-0.1, -0.05) is 0 Å². The Morgan fingerprint density at radius 3 is 2.24 bits per heavy atom. The fourth-order valence-corrected chi connectivity index (χ4v) is 3.57. The van der Waals surface area contributed by atoms with Crippen LogP contribution in [-0.2, 0) is 16.2 Å². The van der Waals surface area contributed by atoms with Crippen molar-refractivity contribution in [2.45, 2.75) is 23.2 Å². The number of β-amino-alcohol motifs (C(OH)–C–C–N with tert-alkyl or cyclic N) is 1. The van der Waals surface area contributed by atoms with E-state index >= 15 is 0 Å². The van der Waals surface area contributed by atoms with Gasteiger partial charge in [0.25, 0.3) is 0 Å². The first-order valence-corrected chi connectivity index (χ1v) is 7.62. The van der Waals surface area contributed by atoms with Gasteiger partial charge in [0.15, 0.2) is 0 Å². The number of alkyl halides is 3. The number of hydrogen-bond acceptors (Lipinski definition) is 4. The number of benzene rings is 1. The molecule has 1 aromatic carbocycles. The van der Waals surface area contributed by atoms with Crippen molar-refractivity contribution in [3.8, 4) is 0 Å². The zero-order chi connectivity index (χ0) is 15.8. The predicted octanol–water partition coefficient (Wildman–Crippen LogP) is 0.659. The molecule has 0 bridgehead atoms. The van der Waals surface area contributed by atoms with Crippen LogP contribution in [0.3, 0.4) is 0 Å². The summed E-state index contributed by atoms with van der Waals surface area (Å²) in [4.78, 5) is -0.239. The molecule has 0 amide bonds. The van der Waals surface area contributed by atoms with Crippen molar-refractivity contribution < 1.29 is 26.7 Å². The highest BCUT2D eigenvalue weighted by Crippen LogP contribution is 2.30. The lowest BCUT2D eigenvalue weighted by Crippen LogP contribution is -2.44. The normalized spacial score (nSPS) is 23.7. The van der Waals surface area contributed by atoms with Crippen LogP contribution in [0.25, 0.3) is 0 Å². The molecule has 1 aliphatic rings. The van der Waals surface area contributed by atoms with Gasteiger partial charge in [0.2, 0.25) is 10.0 Å². The van der Waals surface area contributed by atoms with E-state index in [0.717, 1.165) is 28.6 Å². The van der Waals surface area contributed by atoms with Gasteiger partial charge in [0, 0.05) is 20.1 Å². The molecule has 0 saturated carbocycles. The number of nitrogens with zero attached hydrogens (tertiary/aromatic N) is 1. The van der Waals surface area contributed by atoms with Crippen molar-refractivity contribution in [2.24, 2.45) is 0 Å². The van der Waals surface area contributed by atoms with Gasteiger partial charge in [0.05, 0.1) is 22.6 Å². The number of sulfonamides is 1. The van der Waals surface area contributed by atoms with E-state index in [2.05, 4.69) is 5.32 Å². The van der Waals surface area contributed by atoms with Crippen molar-refractivity contribution in [3.63, 3.8) is 0 Å². The van der Waals surface area contributed by atoms with E-state index in [-0.39, 0.29) is 18.0 Å². The molecule has 0 aliphatic carbocycles. The highest BCUT2D eigenvalue weighted by Gasteiger charge is 2.36. The highest BCUT2D eigenvalue weighted by atomic mass is 32.2. The van der Waals surface area contributed by atoms with Gasteiger partial charge in [0.1, 0.15) is 0 Å². The topological polar surface area (TPSA) is 69.6 Å². The van der Waals surface area contributed by atoms with Gasteiger partial charge in [-0.15, -0.1) is 0 Å². The van der Waals surface area contributed by atoms with Crippen LogP contribution in [0.2, 0.25) is 0 Å². The van der Waals surface area contributed by atoms with Gasteiger partial charge >= 0.3 is 6.18 Å². The van der Waals surface area contributed by atoms with Crippen molar-refractivity contribution in [2.75, 3.05) is 20.1 Å². The standard InChI is InChI=1S/C12H15F3N2O3S/c1-17(10-6-16-7-11(10)18)21(19,20)9-4-2-8(3-5-9)12(13,14)15/h2-5,10-11,16,18H,6-7H2,1H3/t10-,11-/m1/s1. The Balaban J connectivity index is 2.27. The van der Waals surface area contributed by atoms with E-state index in [0.29, 0.717) is 0 Å². The molecule has 2 N–H and O–H groups in total. The molecule has 0 unspecified atom stereocenters. The lowest BCUT2D eigenvalue weighted by Gasteiger charge is -2.25. The van der Waals surface area contributed by atoms with Gasteiger partial charge in [-0.3, -0.25) is 0 Å². The third-order valence-corrected chi connectivity index (χ3v) is 5.37. The minimum Gasteiger partial charge on any atom is -0.390 e. The largest absolute Gasteiger partial charge is 0.416 e. The summed E-state index contributed by atoms with van der Waals surface area (Å²) in [7, 11) is -2.65. The van der Waals surface area contributed by atoms with E-state index in [4.69, 9.17) is 0 Å². The molecule has 1 heterocycles. The maximum Gasteiger partial charge on any atom is 0.416 e. The third-order valence-electron chi connectivity index (χ3n) is 3.48. The number of hydrogen-bond donors (Lipinski definition) is 2. The Morgan fingerprint density at radius 2 is 1.81 bits per heavy atom. The number of likely N-dealkylation sites (N-methyl/N-ethyl adjacent to an activating group) is 1. The van der Waals surface area contributed by atoms with Crippen molar-refractivity contribution in [1.82, 2.24) is 9.62 Å². The lowest BCUT2D eigenvalue weighted by molar-refractivity contribution is -0.137. The summed E-state index contributed by atoms with van der Waals surface area (Å²) in [5.74, 6) is 0. The molecule has 1 aliphatic heterocycles. The van der Waals surface area contributed by atoms with Gasteiger partial charge < -0.3 is 10.4 Å². The molecular formula is C12H15F3N2O3S. The van der Waals surface area contributed by atoms with Crippen molar-refractivity contribution in [3.05, 3.63) is 29.8 Å². The molecule has 9 heteroatoms. The summed E-state index contributed by atoms with van der Waals surface area (Å²) in [5, 5.41) is 12.6. The first kappa shape index (κ1) is 16.2. The molecule has 21 heavy (non-hydrogen) atoms. The van der Waals surface area contributed by atoms with Crippen molar-refractivity contribution in [1.29, 1.82) is 0 Å². The first-order valence-electron chi connectivity index (χ1n) is 6.18. The van der Waals surface area contributed by atoms with E-state index in [1.807, 2.05) is 0 Å². The number of nitrogens with one attached hydrogen (secondary N) is 1. The van der Waals surface area contributed by atoms with Crippen LogP contribution in [-0.4, -0.2) is 50.1 Å². The summed E-state index contributed by atoms with van der Waals surface area (Å²) < 4.78 is 63.1. The van der Waals surface area contributed by atoms with Crippen LogP contribution in [0.15, 0.2) is 29.2 Å². The smallest absolute Gasteiger partial charge is 0.390 e. The second-order valence-electron chi connectivity index (χ2n) is 4.84. The van der Waals surface area contributed by atoms with Crippen LogP contribution in [0.4, 0.5) is 13.2 Å². The molecule has 0 radical (unpaired) electrons. The molecule has 1 aromatic rings. The number of aliphatic hydroxyl groups excluding tert-OH is 1. The van der Waals surface area contributed by atoms with Gasteiger partial charge in [-0.25, -0.2) is 8.42 Å². The van der Waals surface area contributed by atoms with Gasteiger partial charge in [-0.2, -0.15) is 17.5 Å². The SMILES string of the molecule is CN([C@@H]1CNC[C@H]1O)S(=O)(=O)c1ccc(C(F)(F)F)cc1. The minimum absolute atomic E-state index is 0.239. The fraction of sp³-hybridized carbons (Fsp3) is 0.500. The Hall–Kier alpha value is -1.16. The lowest BCUT2D eigenvalue weighted by atomic mass is 10.2. The molecule has 5 nitrogen and oxygen atoms in total. The second kappa shape index (κ2) is 5.56. The molecular weight excluding hydrogens is 309 g/mol. The molecule has 0 spiro atoms. The summed E-state index contributed by atoms with van der Waals surface area (Å²) in [6.07, 6.45) is -5.36. The summed E-state index contributed by atoms with van der Waals surface area (Å²) >= 11 is 0. The monoisotopic (exact) mass is 324 g/mol. The van der Waals surface area contributed by atoms with Crippen LogP contribution < -0.4 is 5.32 Å². The van der Waals surface area contributed by atoms with Crippen LogP contribution in [0.5, 0.6) is 0 Å². The highest BCUT2D eigenvalue weighted by molar-refractivity contribution is 7.89. The quantitative estimate of drug-likeness (QED) is 0.857. The third kappa shape index (κ3) is 3.20. The average Bonchev–Trinajstić information content (AvgIpc) is 2.83. The van der Waals surface area contributed by atoms with E-state index < -0.39 is 33.9 Å². The molecule has 2 rings (SSSR count). The molecule has 1 saturated heterocycles. The number of aliphatic hydroxyl groups is 1. The predicted molar refractivity (Wildman–Crippen MR) is 69.1 cm³/mol. The fourth-order valence-electron chi connectivity index (χ4n) is 2.18. The summed E-state index contributed by atoms with van der Waals surface area (Å²) in [5.41, 5.74) is -0.910. The minimum atomic E-state index is -4.51. The Labute approximate surface area is 120 Å². The number of halogens is 3. The Bertz CT molecular complexity index is 601. The molecule has 2 atom stereocenters. The van der Waals surface area contributed by atoms with Crippen molar-refractivity contribution >= 4 is 10.0 Å². The number of rotatable bonds is 3. The van der Waals surface area contributed by atoms with Gasteiger partial charge in [-0.05, 0) is 24.3 Å². The average molecular weight is 324 g/mol. The second-order valence-corrected chi connectivity index (χ2v) is 6.83. The maximum atomic E-state index is 12.5. The van der Waals surface area contributed by atoms with E-state index in [9.17, 15) is 26.7 Å². The zero-order valence-electron chi connectivity index (χ0n) is 11.1. The van der Waals surface area contributed by atoms with E-state index in [1.165, 1.54) is 7.05 Å². The summed E-state index contributed by atoms with van der Waals surface area (Å²) in [6, 6.07) is 2.65. The molecule has 0 aromatic heterocycles. The zero-order valence-corrected chi connectivity index (χ0v) is 11.9. The summed E-state index contributed by atoms with van der Waals surface area (Å²) in [6.45, 7) is 0.565. The van der Waals surface area contributed by atoms with Crippen LogP contribution in [0.1, 0.15) is 5.56 Å². The first-order chi connectivity index (χ1) is 9.64. The van der Waals surface area contributed by atoms with E-state index in [1.54, 1.807) is 0 Å². The molecule has 118 valence electrons. The Kier molecular flexibility index (Phi) is 4.29. The Morgan fingerprint density at radius 1 is 1.24 bits per heavy atom. The van der Waals surface area contributed by atoms with Crippen LogP contribution in [0, 0.1) is 0 Å². The maximum absolute atomic E-state index is 12.5.